The minimum atomic E-state index is -1.27. The molecule has 10 nitrogen and oxygen atoms in total. The number of aryl methyl sites for hydroxylation is 1. The highest BCUT2D eigenvalue weighted by Crippen LogP contribution is 2.29. The number of benzene rings is 2. The minimum Gasteiger partial charge on any atom is -0.493 e. The Morgan fingerprint density at radius 3 is 2.59 bits per heavy atom. The van der Waals surface area contributed by atoms with Gasteiger partial charge < -0.3 is 29.0 Å². The summed E-state index contributed by atoms with van der Waals surface area (Å²) < 4.78 is 24.4. The van der Waals surface area contributed by atoms with Crippen LogP contribution < -0.4 is 14.2 Å². The summed E-state index contributed by atoms with van der Waals surface area (Å²) in [6.07, 6.45) is 3.63. The molecular weight excluding hydrogens is 500 g/mol. The molecule has 4 rings (SSSR count). The summed E-state index contributed by atoms with van der Waals surface area (Å²) in [5.74, 6) is 1.81. The van der Waals surface area contributed by atoms with Crippen molar-refractivity contribution in [3.8, 4) is 17.2 Å². The van der Waals surface area contributed by atoms with Crippen molar-refractivity contribution in [3.63, 3.8) is 0 Å². The second-order valence-corrected chi connectivity index (χ2v) is 9.89. The molecule has 39 heavy (non-hydrogen) atoms. The summed E-state index contributed by atoms with van der Waals surface area (Å²) in [5.41, 5.74) is 0.859. The third-order valence-electron chi connectivity index (χ3n) is 6.61. The molecule has 2 heterocycles. The van der Waals surface area contributed by atoms with Crippen molar-refractivity contribution < 1.29 is 28.8 Å². The number of aromatic nitrogens is 2. The lowest BCUT2D eigenvalue weighted by molar-refractivity contribution is -0.138. The summed E-state index contributed by atoms with van der Waals surface area (Å²) in [7, 11) is 3.11. The van der Waals surface area contributed by atoms with Crippen LogP contribution in [0, 0.1) is 6.92 Å². The van der Waals surface area contributed by atoms with Crippen LogP contribution in [0.5, 0.6) is 17.2 Å². The topological polar surface area (TPSA) is 98.5 Å². The molecule has 0 radical (unpaired) electrons. The Labute approximate surface area is 229 Å². The number of hydrogen-bond donors (Lipinski definition) is 1. The molecule has 1 N–H and O–H groups in total. The van der Waals surface area contributed by atoms with Gasteiger partial charge in [-0.05, 0) is 42.8 Å². The van der Waals surface area contributed by atoms with Crippen molar-refractivity contribution in [2.24, 2.45) is 0 Å². The molecule has 1 atom stereocenters. The van der Waals surface area contributed by atoms with Crippen LogP contribution in [0.4, 0.5) is 0 Å². The fraction of sp³-hybridized carbons (Fsp3) is 0.448. The Kier molecular flexibility index (Phi) is 9.80. The molecule has 210 valence electrons. The number of ether oxygens (including phenoxy) is 4. The predicted molar refractivity (Wildman–Crippen MR) is 146 cm³/mol. The summed E-state index contributed by atoms with van der Waals surface area (Å²) in [6.45, 7) is 5.23. The number of hydrogen-bond acceptors (Lipinski definition) is 8. The van der Waals surface area contributed by atoms with Crippen LogP contribution in [0.3, 0.4) is 0 Å². The lowest BCUT2D eigenvalue weighted by atomic mass is 10.0. The fourth-order valence-electron chi connectivity index (χ4n) is 4.62. The van der Waals surface area contributed by atoms with Crippen molar-refractivity contribution in [2.45, 2.75) is 25.6 Å². The zero-order valence-electron chi connectivity index (χ0n) is 22.9. The molecule has 0 saturated carbocycles. The van der Waals surface area contributed by atoms with Crippen LogP contribution in [0.15, 0.2) is 60.9 Å². The van der Waals surface area contributed by atoms with E-state index < -0.39 is 5.60 Å². The smallest absolute Gasteiger partial charge is 0.248 e. The molecule has 10 heteroatoms. The second kappa shape index (κ2) is 13.5. The van der Waals surface area contributed by atoms with E-state index in [9.17, 15) is 9.90 Å². The zero-order chi connectivity index (χ0) is 27.7. The summed E-state index contributed by atoms with van der Waals surface area (Å²) in [5, 5.41) is 15.9. The van der Waals surface area contributed by atoms with E-state index in [1.165, 1.54) is 7.11 Å². The SMILES string of the molecule is COCC(=O)N1CCN(Cc2ccc(OCCn3cccn3)c(OC)c2)C[C@](O)(COc2ccc(C)cc2)C1. The first-order valence-corrected chi connectivity index (χ1v) is 13.1. The van der Waals surface area contributed by atoms with E-state index in [0.717, 1.165) is 11.1 Å². The van der Waals surface area contributed by atoms with Gasteiger partial charge in [0.25, 0.3) is 0 Å². The zero-order valence-corrected chi connectivity index (χ0v) is 22.9. The Bertz CT molecular complexity index is 1190. The average molecular weight is 539 g/mol. The van der Waals surface area contributed by atoms with Crippen molar-refractivity contribution in [3.05, 3.63) is 72.1 Å². The molecule has 0 spiro atoms. The highest BCUT2D eigenvalue weighted by atomic mass is 16.5. The number of methoxy groups -OCH3 is 2. The normalized spacial score (nSPS) is 18.0. The number of carbonyl (C=O) groups excluding carboxylic acids is 1. The number of amides is 1. The number of rotatable bonds is 12. The Morgan fingerprint density at radius 1 is 1.05 bits per heavy atom. The second-order valence-electron chi connectivity index (χ2n) is 9.89. The van der Waals surface area contributed by atoms with Crippen molar-refractivity contribution in [1.82, 2.24) is 19.6 Å². The molecule has 0 bridgehead atoms. The third-order valence-corrected chi connectivity index (χ3v) is 6.61. The molecule has 1 aromatic heterocycles. The lowest BCUT2D eigenvalue weighted by Gasteiger charge is -2.33. The van der Waals surface area contributed by atoms with E-state index in [-0.39, 0.29) is 25.7 Å². The van der Waals surface area contributed by atoms with Gasteiger partial charge in [0.15, 0.2) is 11.5 Å². The van der Waals surface area contributed by atoms with Crippen LogP contribution in [-0.4, -0.2) is 96.4 Å². The highest BCUT2D eigenvalue weighted by Gasteiger charge is 2.37. The van der Waals surface area contributed by atoms with Crippen LogP contribution in [0.25, 0.3) is 0 Å². The lowest BCUT2D eigenvalue weighted by Crippen LogP contribution is -2.52. The van der Waals surface area contributed by atoms with Crippen LogP contribution in [0.1, 0.15) is 11.1 Å². The van der Waals surface area contributed by atoms with Gasteiger partial charge in [0, 0.05) is 45.7 Å². The summed E-state index contributed by atoms with van der Waals surface area (Å²) >= 11 is 0. The monoisotopic (exact) mass is 538 g/mol. The maximum absolute atomic E-state index is 12.7. The van der Waals surface area contributed by atoms with Crippen LogP contribution in [-0.2, 0) is 22.6 Å². The van der Waals surface area contributed by atoms with Crippen LogP contribution >= 0.6 is 0 Å². The molecule has 1 aliphatic heterocycles. The number of β-amino-alcohol motifs (C(OH)–C–C–N with tert-alkyl or cyclic N) is 1. The number of nitrogens with zero attached hydrogens (tertiary/aromatic N) is 4. The molecule has 2 aromatic carbocycles. The van der Waals surface area contributed by atoms with Gasteiger partial charge in [0.1, 0.15) is 31.2 Å². The van der Waals surface area contributed by atoms with Crippen molar-refractivity contribution >= 4 is 5.91 Å². The molecular formula is C29H38N4O6. The Balaban J connectivity index is 1.44. The molecule has 1 aliphatic rings. The van der Waals surface area contributed by atoms with Crippen molar-refractivity contribution in [2.75, 3.05) is 60.2 Å². The first-order valence-electron chi connectivity index (χ1n) is 13.1. The quantitative estimate of drug-likeness (QED) is 0.375. The fourth-order valence-corrected chi connectivity index (χ4v) is 4.62. The Hall–Kier alpha value is -3.60. The van der Waals surface area contributed by atoms with E-state index in [2.05, 4.69) is 10.00 Å². The first kappa shape index (κ1) is 28.4. The van der Waals surface area contributed by atoms with E-state index in [1.54, 1.807) is 18.2 Å². The van der Waals surface area contributed by atoms with Gasteiger partial charge in [-0.2, -0.15) is 5.10 Å². The minimum absolute atomic E-state index is 0.0338. The average Bonchev–Trinajstić information content (AvgIpc) is 3.39. The maximum atomic E-state index is 12.7. The van der Waals surface area contributed by atoms with Crippen molar-refractivity contribution in [1.29, 1.82) is 0 Å². The summed E-state index contributed by atoms with van der Waals surface area (Å²) in [6, 6.07) is 15.4. The van der Waals surface area contributed by atoms with Gasteiger partial charge in [0.05, 0.1) is 20.2 Å². The van der Waals surface area contributed by atoms with E-state index >= 15 is 0 Å². The van der Waals surface area contributed by atoms with E-state index in [1.807, 2.05) is 66.3 Å². The third kappa shape index (κ3) is 8.19. The highest BCUT2D eigenvalue weighted by molar-refractivity contribution is 5.77. The molecule has 3 aromatic rings. The van der Waals surface area contributed by atoms with Crippen LogP contribution in [0.2, 0.25) is 0 Å². The number of aliphatic hydroxyl groups is 1. The van der Waals surface area contributed by atoms with Gasteiger partial charge in [-0.25, -0.2) is 0 Å². The molecule has 1 amide bonds. The standard InChI is InChI=1S/C29H38N4O6/c1-23-5-8-25(9-6-23)39-22-29(35)20-31(13-14-32(21-29)28(34)19-36-2)18-24-7-10-26(27(17-24)37-3)38-16-15-33-12-4-11-30-33/h4-12,17,35H,13-16,18-22H2,1-3H3/t29-/m1/s1. The molecule has 0 unspecified atom stereocenters. The van der Waals surface area contributed by atoms with Gasteiger partial charge in [0.2, 0.25) is 5.91 Å². The predicted octanol–water partition coefficient (Wildman–Crippen LogP) is 2.38. The van der Waals surface area contributed by atoms with Gasteiger partial charge in [-0.3, -0.25) is 14.4 Å². The Morgan fingerprint density at radius 2 is 1.87 bits per heavy atom. The molecule has 0 aliphatic carbocycles. The van der Waals surface area contributed by atoms with Gasteiger partial charge in [-0.15, -0.1) is 0 Å². The molecule has 1 saturated heterocycles. The first-order chi connectivity index (χ1) is 18.9. The van der Waals surface area contributed by atoms with E-state index in [4.69, 9.17) is 18.9 Å². The summed E-state index contributed by atoms with van der Waals surface area (Å²) in [4.78, 5) is 16.5. The molecule has 1 fully saturated rings. The van der Waals surface area contributed by atoms with Gasteiger partial charge in [-0.1, -0.05) is 23.8 Å². The van der Waals surface area contributed by atoms with E-state index in [0.29, 0.717) is 56.6 Å². The van der Waals surface area contributed by atoms with Gasteiger partial charge >= 0.3 is 0 Å². The number of carbonyl (C=O) groups is 1. The maximum Gasteiger partial charge on any atom is 0.248 e. The largest absolute Gasteiger partial charge is 0.493 e.